The third kappa shape index (κ3) is 3.69. The number of piperazine rings is 1. The molecule has 0 bridgehead atoms. The molecule has 166 valence electrons. The van der Waals surface area contributed by atoms with Crippen molar-refractivity contribution in [3.63, 3.8) is 0 Å². The van der Waals surface area contributed by atoms with Crippen LogP contribution in [0.5, 0.6) is 0 Å². The number of nitrogens with zero attached hydrogens (tertiary/aromatic N) is 2. The van der Waals surface area contributed by atoms with E-state index in [0.717, 1.165) is 35.9 Å². The Bertz CT molecular complexity index is 1120. The molecular weight excluding hydrogens is 402 g/mol. The van der Waals surface area contributed by atoms with E-state index in [9.17, 15) is 9.59 Å². The zero-order valence-electron chi connectivity index (χ0n) is 18.4. The third-order valence-corrected chi connectivity index (χ3v) is 6.79. The Morgan fingerprint density at radius 3 is 2.66 bits per heavy atom. The fourth-order valence-corrected chi connectivity index (χ4v) is 5.28. The van der Waals surface area contributed by atoms with E-state index < -0.39 is 6.04 Å². The Balaban J connectivity index is 1.50. The predicted molar refractivity (Wildman–Crippen MR) is 123 cm³/mol. The Hall–Kier alpha value is -3.12. The summed E-state index contributed by atoms with van der Waals surface area (Å²) in [6.45, 7) is 1.28. The number of aromatic nitrogens is 1. The highest BCUT2D eigenvalue weighted by atomic mass is 16.5. The molecule has 0 aliphatic carbocycles. The third-order valence-electron chi connectivity index (χ3n) is 6.79. The Labute approximate surface area is 188 Å². The number of ether oxygens (including phenoxy) is 1. The molecule has 1 unspecified atom stereocenters. The van der Waals surface area contributed by atoms with Crippen LogP contribution in [0.1, 0.15) is 35.7 Å². The summed E-state index contributed by atoms with van der Waals surface area (Å²) in [5.74, 6) is 0.0933. The maximum Gasteiger partial charge on any atom is 0.246 e. The lowest BCUT2D eigenvalue weighted by molar-refractivity contribution is -0.160. The van der Waals surface area contributed by atoms with E-state index in [1.807, 2.05) is 35.2 Å². The minimum absolute atomic E-state index is 0.0365. The van der Waals surface area contributed by atoms with E-state index in [1.54, 1.807) is 12.0 Å². The zero-order valence-corrected chi connectivity index (χ0v) is 18.4. The summed E-state index contributed by atoms with van der Waals surface area (Å²) in [5.41, 5.74) is 4.58. The Kier molecular flexibility index (Phi) is 5.70. The number of amides is 2. The molecule has 2 aromatic carbocycles. The van der Waals surface area contributed by atoms with Gasteiger partial charge in [0.05, 0.1) is 12.6 Å². The van der Waals surface area contributed by atoms with E-state index in [4.69, 9.17) is 4.74 Å². The van der Waals surface area contributed by atoms with Crippen LogP contribution in [0.4, 0.5) is 0 Å². The fraction of sp³-hybridized carbons (Fsp3) is 0.385. The standard InChI is InChI=1S/C26H29N3O3/c1-32-15-7-14-28-17-24(30)29-22(13-12-18-8-3-2-4-9-18)25-20(16-23(29)26(28)31)19-10-5-6-11-21(19)27-25/h2-6,8-11,22-23,27H,7,12-17H2,1H3/t22?,23-/m0/s1. The number of aromatic amines is 1. The van der Waals surface area contributed by atoms with Crippen LogP contribution in [0.25, 0.3) is 10.9 Å². The van der Waals surface area contributed by atoms with E-state index >= 15 is 0 Å². The van der Waals surface area contributed by atoms with Gasteiger partial charge in [-0.25, -0.2) is 0 Å². The number of benzene rings is 2. The van der Waals surface area contributed by atoms with Gasteiger partial charge >= 0.3 is 0 Å². The molecule has 2 aliphatic heterocycles. The molecule has 5 rings (SSSR count). The number of hydrogen-bond donors (Lipinski definition) is 1. The van der Waals surface area contributed by atoms with Crippen LogP contribution >= 0.6 is 0 Å². The highest BCUT2D eigenvalue weighted by molar-refractivity contribution is 5.97. The normalized spacial score (nSPS) is 20.5. The number of carbonyl (C=O) groups is 2. The van der Waals surface area contributed by atoms with Gasteiger partial charge in [-0.3, -0.25) is 9.59 Å². The van der Waals surface area contributed by atoms with Gasteiger partial charge in [0.2, 0.25) is 11.8 Å². The van der Waals surface area contributed by atoms with Gasteiger partial charge in [0.1, 0.15) is 6.04 Å². The molecule has 1 fully saturated rings. The number of para-hydroxylation sites is 1. The molecule has 0 radical (unpaired) electrons. The van der Waals surface area contributed by atoms with Crippen LogP contribution < -0.4 is 0 Å². The van der Waals surface area contributed by atoms with E-state index in [2.05, 4.69) is 29.2 Å². The van der Waals surface area contributed by atoms with Crippen LogP contribution in [-0.4, -0.2) is 59.4 Å². The average Bonchev–Trinajstić information content (AvgIpc) is 3.19. The van der Waals surface area contributed by atoms with Crippen molar-refractivity contribution in [3.8, 4) is 0 Å². The maximum absolute atomic E-state index is 13.5. The first kappa shape index (κ1) is 20.8. The van der Waals surface area contributed by atoms with E-state index in [-0.39, 0.29) is 24.4 Å². The molecule has 1 aromatic heterocycles. The van der Waals surface area contributed by atoms with Crippen molar-refractivity contribution in [2.24, 2.45) is 0 Å². The van der Waals surface area contributed by atoms with Gasteiger partial charge in [-0.1, -0.05) is 48.5 Å². The summed E-state index contributed by atoms with van der Waals surface area (Å²) < 4.78 is 5.14. The number of carbonyl (C=O) groups excluding carboxylic acids is 2. The van der Waals surface area contributed by atoms with Gasteiger partial charge in [-0.15, -0.1) is 0 Å². The second-order valence-electron chi connectivity index (χ2n) is 8.73. The number of nitrogens with one attached hydrogen (secondary N) is 1. The number of rotatable bonds is 7. The lowest BCUT2D eigenvalue weighted by Crippen LogP contribution is -2.63. The van der Waals surface area contributed by atoms with E-state index in [1.165, 1.54) is 11.1 Å². The minimum Gasteiger partial charge on any atom is -0.385 e. The van der Waals surface area contributed by atoms with Crippen LogP contribution in [0.2, 0.25) is 0 Å². The van der Waals surface area contributed by atoms with Gasteiger partial charge in [0.15, 0.2) is 0 Å². The topological polar surface area (TPSA) is 65.6 Å². The summed E-state index contributed by atoms with van der Waals surface area (Å²) in [6.07, 6.45) is 2.93. The Morgan fingerprint density at radius 1 is 1.06 bits per heavy atom. The lowest BCUT2D eigenvalue weighted by Gasteiger charge is -2.47. The molecule has 2 atom stereocenters. The number of H-pyrrole nitrogens is 1. The van der Waals surface area contributed by atoms with Gasteiger partial charge in [0.25, 0.3) is 0 Å². The molecular formula is C26H29N3O3. The zero-order chi connectivity index (χ0) is 22.1. The number of hydrogen-bond acceptors (Lipinski definition) is 3. The maximum atomic E-state index is 13.5. The molecule has 6 heteroatoms. The molecule has 2 aliphatic rings. The SMILES string of the molecule is COCCCN1CC(=O)N2C(CCc3ccccc3)c3[nH]c4ccccc4c3C[C@H]2C1=O. The minimum atomic E-state index is -0.439. The second kappa shape index (κ2) is 8.79. The largest absolute Gasteiger partial charge is 0.385 e. The average molecular weight is 432 g/mol. The molecule has 32 heavy (non-hydrogen) atoms. The van der Waals surface area contributed by atoms with Crippen molar-refractivity contribution in [1.82, 2.24) is 14.8 Å². The highest BCUT2D eigenvalue weighted by Crippen LogP contribution is 2.41. The molecule has 3 aromatic rings. The monoisotopic (exact) mass is 431 g/mol. The summed E-state index contributed by atoms with van der Waals surface area (Å²) in [4.78, 5) is 34.0. The molecule has 1 saturated heterocycles. The molecule has 1 N–H and O–H groups in total. The first-order chi connectivity index (χ1) is 15.7. The predicted octanol–water partition coefficient (Wildman–Crippen LogP) is 3.47. The lowest BCUT2D eigenvalue weighted by atomic mass is 9.86. The van der Waals surface area contributed by atoms with Gasteiger partial charge in [-0.05, 0) is 36.5 Å². The fourth-order valence-electron chi connectivity index (χ4n) is 5.28. The number of aryl methyl sites for hydroxylation is 1. The smallest absolute Gasteiger partial charge is 0.246 e. The summed E-state index contributed by atoms with van der Waals surface area (Å²) in [7, 11) is 1.65. The molecule has 2 amide bonds. The van der Waals surface area contributed by atoms with Gasteiger partial charge < -0.3 is 19.5 Å². The molecule has 3 heterocycles. The van der Waals surface area contributed by atoms with Crippen LogP contribution in [0, 0.1) is 0 Å². The van der Waals surface area contributed by atoms with Gasteiger partial charge in [0, 0.05) is 43.3 Å². The van der Waals surface area contributed by atoms with Crippen molar-refractivity contribution in [1.29, 1.82) is 0 Å². The van der Waals surface area contributed by atoms with Crippen LogP contribution in [0.3, 0.4) is 0 Å². The van der Waals surface area contributed by atoms with Crippen molar-refractivity contribution in [2.45, 2.75) is 37.8 Å². The highest BCUT2D eigenvalue weighted by Gasteiger charge is 2.47. The summed E-state index contributed by atoms with van der Waals surface area (Å²) in [6, 6.07) is 18.0. The first-order valence-corrected chi connectivity index (χ1v) is 11.4. The van der Waals surface area contributed by atoms with E-state index in [0.29, 0.717) is 19.6 Å². The number of methoxy groups -OCH3 is 1. The first-order valence-electron chi connectivity index (χ1n) is 11.4. The molecule has 6 nitrogen and oxygen atoms in total. The molecule has 0 saturated carbocycles. The second-order valence-corrected chi connectivity index (χ2v) is 8.73. The van der Waals surface area contributed by atoms with Crippen molar-refractivity contribution in [3.05, 3.63) is 71.4 Å². The number of fused-ring (bicyclic) bond motifs is 4. The summed E-state index contributed by atoms with van der Waals surface area (Å²) in [5, 5.41) is 1.16. The summed E-state index contributed by atoms with van der Waals surface area (Å²) >= 11 is 0. The Morgan fingerprint density at radius 2 is 1.84 bits per heavy atom. The van der Waals surface area contributed by atoms with Crippen molar-refractivity contribution >= 4 is 22.7 Å². The molecule has 0 spiro atoms. The van der Waals surface area contributed by atoms with Gasteiger partial charge in [-0.2, -0.15) is 0 Å². The van der Waals surface area contributed by atoms with Crippen molar-refractivity contribution in [2.75, 3.05) is 26.8 Å². The van der Waals surface area contributed by atoms with Crippen LogP contribution in [-0.2, 0) is 27.2 Å². The van der Waals surface area contributed by atoms with Crippen LogP contribution in [0.15, 0.2) is 54.6 Å². The van der Waals surface area contributed by atoms with Crippen molar-refractivity contribution < 1.29 is 14.3 Å². The quantitative estimate of drug-likeness (QED) is 0.583.